The highest BCUT2D eigenvalue weighted by Gasteiger charge is 2.24. The van der Waals surface area contributed by atoms with Crippen molar-refractivity contribution in [1.82, 2.24) is 15.1 Å². The number of aromatic nitrogens is 2. The SMILES string of the molecule is Cc1cccc(N2CCN(C(=O)c3nnc(Cl)s3)CC2)c1. The quantitative estimate of drug-likeness (QED) is 0.852. The van der Waals surface area contributed by atoms with Crippen molar-refractivity contribution in [3.8, 4) is 0 Å². The van der Waals surface area contributed by atoms with Crippen LogP contribution in [0.1, 0.15) is 15.4 Å². The molecule has 1 aliphatic heterocycles. The molecular weight excluding hydrogens is 308 g/mol. The fourth-order valence-corrected chi connectivity index (χ4v) is 3.22. The monoisotopic (exact) mass is 322 g/mol. The average molecular weight is 323 g/mol. The van der Waals surface area contributed by atoms with Gasteiger partial charge >= 0.3 is 0 Å². The molecule has 1 amide bonds. The molecule has 0 saturated carbocycles. The summed E-state index contributed by atoms with van der Waals surface area (Å²) in [6.45, 7) is 5.10. The van der Waals surface area contributed by atoms with Crippen molar-refractivity contribution in [3.63, 3.8) is 0 Å². The van der Waals surface area contributed by atoms with E-state index in [1.165, 1.54) is 11.3 Å². The summed E-state index contributed by atoms with van der Waals surface area (Å²) in [5.41, 5.74) is 2.45. The van der Waals surface area contributed by atoms with E-state index >= 15 is 0 Å². The van der Waals surface area contributed by atoms with Crippen molar-refractivity contribution in [2.45, 2.75) is 6.92 Å². The molecule has 0 radical (unpaired) electrons. The molecule has 5 nitrogen and oxygen atoms in total. The number of piperazine rings is 1. The maximum Gasteiger partial charge on any atom is 0.285 e. The van der Waals surface area contributed by atoms with Gasteiger partial charge in [-0.05, 0) is 36.2 Å². The second-order valence-corrected chi connectivity index (χ2v) is 6.54. The predicted octanol–water partition coefficient (Wildman–Crippen LogP) is 2.46. The first-order valence-electron chi connectivity index (χ1n) is 6.73. The van der Waals surface area contributed by atoms with Gasteiger partial charge in [-0.25, -0.2) is 0 Å². The van der Waals surface area contributed by atoms with Gasteiger partial charge in [-0.1, -0.05) is 23.5 Å². The minimum absolute atomic E-state index is 0.0803. The van der Waals surface area contributed by atoms with Crippen LogP contribution in [0.25, 0.3) is 0 Å². The Morgan fingerprint density at radius 2 is 2.00 bits per heavy atom. The number of nitrogens with zero attached hydrogens (tertiary/aromatic N) is 4. The van der Waals surface area contributed by atoms with Crippen molar-refractivity contribution >= 4 is 34.5 Å². The highest BCUT2D eigenvalue weighted by molar-refractivity contribution is 7.17. The average Bonchev–Trinajstić information content (AvgIpc) is 2.93. The summed E-state index contributed by atoms with van der Waals surface area (Å²) < 4.78 is 0.303. The Balaban J connectivity index is 1.64. The number of anilines is 1. The van der Waals surface area contributed by atoms with E-state index < -0.39 is 0 Å². The zero-order valence-electron chi connectivity index (χ0n) is 11.6. The molecule has 1 aromatic heterocycles. The molecule has 0 N–H and O–H groups in total. The fraction of sp³-hybridized carbons (Fsp3) is 0.357. The molecule has 1 saturated heterocycles. The van der Waals surface area contributed by atoms with Gasteiger partial charge in [-0.15, -0.1) is 10.2 Å². The molecule has 0 spiro atoms. The molecule has 21 heavy (non-hydrogen) atoms. The number of carbonyl (C=O) groups excluding carboxylic acids is 1. The number of aryl methyl sites for hydroxylation is 1. The largest absolute Gasteiger partial charge is 0.368 e. The van der Waals surface area contributed by atoms with Gasteiger partial charge in [0.1, 0.15) is 0 Å². The second kappa shape index (κ2) is 5.99. The Bertz CT molecular complexity index is 652. The molecule has 0 aliphatic carbocycles. The van der Waals surface area contributed by atoms with Crippen molar-refractivity contribution < 1.29 is 4.79 Å². The topological polar surface area (TPSA) is 49.3 Å². The van der Waals surface area contributed by atoms with E-state index in [1.807, 2.05) is 4.90 Å². The van der Waals surface area contributed by atoms with E-state index in [0.717, 1.165) is 24.4 Å². The molecule has 7 heteroatoms. The smallest absolute Gasteiger partial charge is 0.285 e. The van der Waals surface area contributed by atoms with Gasteiger partial charge < -0.3 is 9.80 Å². The summed E-state index contributed by atoms with van der Waals surface area (Å²) in [5, 5.41) is 7.86. The van der Waals surface area contributed by atoms with Crippen LogP contribution in [0.15, 0.2) is 24.3 Å². The van der Waals surface area contributed by atoms with Crippen LogP contribution in [0, 0.1) is 6.92 Å². The van der Waals surface area contributed by atoms with Gasteiger partial charge in [0.25, 0.3) is 5.91 Å². The second-order valence-electron chi connectivity index (χ2n) is 4.98. The van der Waals surface area contributed by atoms with E-state index in [-0.39, 0.29) is 5.91 Å². The van der Waals surface area contributed by atoms with Crippen molar-refractivity contribution in [2.24, 2.45) is 0 Å². The number of halogens is 1. The van der Waals surface area contributed by atoms with Crippen LogP contribution in [0.5, 0.6) is 0 Å². The van der Waals surface area contributed by atoms with E-state index in [2.05, 4.69) is 46.3 Å². The predicted molar refractivity (Wildman–Crippen MR) is 84.2 cm³/mol. The molecule has 2 aromatic rings. The molecule has 1 aliphatic rings. The summed E-state index contributed by atoms with van der Waals surface area (Å²) in [4.78, 5) is 16.4. The van der Waals surface area contributed by atoms with Gasteiger partial charge in [0, 0.05) is 31.9 Å². The number of carbonyl (C=O) groups is 1. The summed E-state index contributed by atoms with van der Waals surface area (Å²) in [7, 11) is 0. The van der Waals surface area contributed by atoms with Gasteiger partial charge in [0.15, 0.2) is 0 Å². The van der Waals surface area contributed by atoms with Crippen LogP contribution in [0.4, 0.5) is 5.69 Å². The minimum Gasteiger partial charge on any atom is -0.368 e. The number of hydrogen-bond acceptors (Lipinski definition) is 5. The maximum atomic E-state index is 12.3. The van der Waals surface area contributed by atoms with Gasteiger partial charge in [0.2, 0.25) is 9.47 Å². The lowest BCUT2D eigenvalue weighted by atomic mass is 10.2. The van der Waals surface area contributed by atoms with Crippen LogP contribution in [-0.2, 0) is 0 Å². The fourth-order valence-electron chi connectivity index (χ4n) is 2.42. The highest BCUT2D eigenvalue weighted by atomic mass is 35.5. The lowest BCUT2D eigenvalue weighted by Gasteiger charge is -2.35. The molecule has 0 bridgehead atoms. The zero-order chi connectivity index (χ0) is 14.8. The van der Waals surface area contributed by atoms with Crippen LogP contribution in [0.3, 0.4) is 0 Å². The molecule has 1 aromatic carbocycles. The first kappa shape index (κ1) is 14.3. The Hall–Kier alpha value is -1.66. The van der Waals surface area contributed by atoms with Crippen LogP contribution < -0.4 is 4.90 Å². The van der Waals surface area contributed by atoms with Crippen LogP contribution >= 0.6 is 22.9 Å². The van der Waals surface area contributed by atoms with Crippen LogP contribution in [0.2, 0.25) is 4.47 Å². The van der Waals surface area contributed by atoms with Crippen molar-refractivity contribution in [3.05, 3.63) is 39.3 Å². The van der Waals surface area contributed by atoms with Crippen molar-refractivity contribution in [2.75, 3.05) is 31.1 Å². The third-order valence-corrected chi connectivity index (χ3v) is 4.52. The Kier molecular flexibility index (Phi) is 4.07. The Morgan fingerprint density at radius 3 is 2.62 bits per heavy atom. The maximum absolute atomic E-state index is 12.3. The van der Waals surface area contributed by atoms with E-state index in [9.17, 15) is 4.79 Å². The summed E-state index contributed by atoms with van der Waals surface area (Å²) >= 11 is 6.85. The first-order chi connectivity index (χ1) is 10.1. The number of hydrogen-bond donors (Lipinski definition) is 0. The lowest BCUT2D eigenvalue weighted by molar-refractivity contribution is 0.0745. The Morgan fingerprint density at radius 1 is 1.24 bits per heavy atom. The van der Waals surface area contributed by atoms with Crippen LogP contribution in [-0.4, -0.2) is 47.2 Å². The number of benzene rings is 1. The van der Waals surface area contributed by atoms with Gasteiger partial charge in [-0.3, -0.25) is 4.79 Å². The molecule has 0 unspecified atom stereocenters. The summed E-state index contributed by atoms with van der Waals surface area (Å²) in [6, 6.07) is 8.42. The molecular formula is C14H15ClN4OS. The minimum atomic E-state index is -0.0803. The highest BCUT2D eigenvalue weighted by Crippen LogP contribution is 2.20. The molecule has 110 valence electrons. The first-order valence-corrected chi connectivity index (χ1v) is 7.93. The third-order valence-electron chi connectivity index (χ3n) is 3.52. The van der Waals surface area contributed by atoms with Crippen molar-refractivity contribution in [1.29, 1.82) is 0 Å². The molecule has 2 heterocycles. The van der Waals surface area contributed by atoms with E-state index in [0.29, 0.717) is 22.6 Å². The Labute approximate surface area is 132 Å². The molecule has 0 atom stereocenters. The van der Waals surface area contributed by atoms with E-state index in [1.54, 1.807) is 0 Å². The summed E-state index contributed by atoms with van der Waals surface area (Å²) in [5.74, 6) is -0.0803. The normalized spacial score (nSPS) is 15.3. The van der Waals surface area contributed by atoms with E-state index in [4.69, 9.17) is 11.6 Å². The number of amides is 1. The molecule has 3 rings (SSSR count). The third kappa shape index (κ3) is 3.16. The lowest BCUT2D eigenvalue weighted by Crippen LogP contribution is -2.48. The van der Waals surface area contributed by atoms with Gasteiger partial charge in [0.05, 0.1) is 0 Å². The molecule has 1 fully saturated rings. The standard InChI is InChI=1S/C14H15ClN4OS/c1-10-3-2-4-11(9-10)18-5-7-19(8-6-18)13(20)12-16-17-14(15)21-12/h2-4,9H,5-8H2,1H3. The zero-order valence-corrected chi connectivity index (χ0v) is 13.2. The van der Waals surface area contributed by atoms with Gasteiger partial charge in [-0.2, -0.15) is 0 Å². The summed E-state index contributed by atoms with van der Waals surface area (Å²) in [6.07, 6.45) is 0. The number of rotatable bonds is 2.